The van der Waals surface area contributed by atoms with Crippen LogP contribution in [0.2, 0.25) is 0 Å². The van der Waals surface area contributed by atoms with Crippen LogP contribution in [-0.2, 0) is 5.41 Å². The second-order valence-corrected chi connectivity index (χ2v) is 4.89. The molecule has 3 heteroatoms. The van der Waals surface area contributed by atoms with E-state index in [1.165, 1.54) is 0 Å². The number of hydrogen-bond donors (Lipinski definition) is 1. The molecule has 0 amide bonds. The van der Waals surface area contributed by atoms with Gasteiger partial charge in [-0.2, -0.15) is 0 Å². The van der Waals surface area contributed by atoms with E-state index in [1.807, 2.05) is 38.2 Å². The van der Waals surface area contributed by atoms with Gasteiger partial charge in [-0.3, -0.25) is 0 Å². The first-order valence-electron chi connectivity index (χ1n) is 5.57. The number of hydrogen-bond acceptors (Lipinski definition) is 1. The molecule has 0 aromatic heterocycles. The van der Waals surface area contributed by atoms with E-state index in [0.717, 1.165) is 11.1 Å². The summed E-state index contributed by atoms with van der Waals surface area (Å²) in [5.74, 6) is -2.49. The summed E-state index contributed by atoms with van der Waals surface area (Å²) in [6.45, 7) is 2.61. The molecule has 0 aliphatic heterocycles. The van der Waals surface area contributed by atoms with E-state index in [-0.39, 0.29) is 18.3 Å². The quantitative estimate of drug-likeness (QED) is 0.834. The molecule has 1 aromatic carbocycles. The van der Waals surface area contributed by atoms with Gasteiger partial charge in [0, 0.05) is 24.8 Å². The van der Waals surface area contributed by atoms with Crippen LogP contribution in [0.25, 0.3) is 0 Å². The number of aryl methyl sites for hydroxylation is 1. The molecule has 0 spiro atoms. The van der Waals surface area contributed by atoms with Gasteiger partial charge in [-0.15, -0.1) is 0 Å². The Morgan fingerprint density at radius 2 is 2.00 bits per heavy atom. The third-order valence-corrected chi connectivity index (χ3v) is 3.34. The van der Waals surface area contributed by atoms with Gasteiger partial charge < -0.3 is 5.32 Å². The molecule has 88 valence electrons. The van der Waals surface area contributed by atoms with E-state index in [9.17, 15) is 8.78 Å². The number of benzene rings is 1. The topological polar surface area (TPSA) is 12.0 Å². The summed E-state index contributed by atoms with van der Waals surface area (Å²) in [4.78, 5) is 0. The van der Waals surface area contributed by atoms with Crippen molar-refractivity contribution in [1.82, 2.24) is 5.32 Å². The van der Waals surface area contributed by atoms with E-state index in [4.69, 9.17) is 0 Å². The van der Waals surface area contributed by atoms with E-state index in [0.29, 0.717) is 6.54 Å². The predicted octanol–water partition coefficient (Wildman–Crippen LogP) is 2.88. The maximum absolute atomic E-state index is 13.1. The van der Waals surface area contributed by atoms with Crippen molar-refractivity contribution in [2.75, 3.05) is 13.6 Å². The molecular formula is C13H17F2N. The molecule has 0 radical (unpaired) electrons. The highest BCUT2D eigenvalue weighted by Gasteiger charge is 2.56. The van der Waals surface area contributed by atoms with Crippen LogP contribution in [0, 0.1) is 6.92 Å². The maximum Gasteiger partial charge on any atom is 0.250 e. The SMILES string of the molecule is CNCC1(c2cccc(C)c2)CC(F)(F)C1. The summed E-state index contributed by atoms with van der Waals surface area (Å²) in [6, 6.07) is 7.91. The first-order valence-corrected chi connectivity index (χ1v) is 5.57. The van der Waals surface area contributed by atoms with Crippen molar-refractivity contribution in [3.05, 3.63) is 35.4 Å². The van der Waals surface area contributed by atoms with Crippen molar-refractivity contribution in [1.29, 1.82) is 0 Å². The van der Waals surface area contributed by atoms with E-state index >= 15 is 0 Å². The molecule has 2 rings (SSSR count). The lowest BCUT2D eigenvalue weighted by molar-refractivity contribution is -0.125. The molecule has 0 unspecified atom stereocenters. The first kappa shape index (κ1) is 11.5. The van der Waals surface area contributed by atoms with Gasteiger partial charge >= 0.3 is 0 Å². The molecule has 0 saturated heterocycles. The molecule has 0 bridgehead atoms. The maximum atomic E-state index is 13.1. The number of halogens is 2. The van der Waals surface area contributed by atoms with Gasteiger partial charge in [0.1, 0.15) is 0 Å². The molecule has 1 N–H and O–H groups in total. The highest BCUT2D eigenvalue weighted by atomic mass is 19.3. The monoisotopic (exact) mass is 225 g/mol. The standard InChI is InChI=1S/C13H17F2N/c1-10-4-3-5-11(6-10)12(9-16-2)7-13(14,15)8-12/h3-6,16H,7-9H2,1-2H3. The Labute approximate surface area is 94.9 Å². The molecule has 1 aromatic rings. The van der Waals surface area contributed by atoms with Crippen LogP contribution in [0.15, 0.2) is 24.3 Å². The molecule has 1 saturated carbocycles. The summed E-state index contributed by atoms with van der Waals surface area (Å²) in [7, 11) is 1.81. The largest absolute Gasteiger partial charge is 0.319 e. The second kappa shape index (κ2) is 3.81. The van der Waals surface area contributed by atoms with Crippen LogP contribution in [0.5, 0.6) is 0 Å². The highest BCUT2D eigenvalue weighted by molar-refractivity contribution is 5.34. The average Bonchev–Trinajstić information content (AvgIpc) is 2.15. The first-order chi connectivity index (χ1) is 7.47. The van der Waals surface area contributed by atoms with Crippen LogP contribution in [-0.4, -0.2) is 19.5 Å². The highest BCUT2D eigenvalue weighted by Crippen LogP contribution is 2.53. The Kier molecular flexibility index (Phi) is 2.74. The van der Waals surface area contributed by atoms with Gasteiger partial charge in [0.2, 0.25) is 5.92 Å². The minimum atomic E-state index is -2.49. The van der Waals surface area contributed by atoms with E-state index in [1.54, 1.807) is 0 Å². The summed E-state index contributed by atoms with van der Waals surface area (Å²) in [6.07, 6.45) is -0.0748. The number of rotatable bonds is 3. The summed E-state index contributed by atoms with van der Waals surface area (Å²) < 4.78 is 26.2. The van der Waals surface area contributed by atoms with E-state index < -0.39 is 5.92 Å². The zero-order chi connectivity index (χ0) is 11.8. The number of nitrogens with one attached hydrogen (secondary N) is 1. The van der Waals surface area contributed by atoms with Gasteiger partial charge in [0.15, 0.2) is 0 Å². The smallest absolute Gasteiger partial charge is 0.250 e. The lowest BCUT2D eigenvalue weighted by Gasteiger charge is -2.48. The van der Waals surface area contributed by atoms with Crippen molar-refractivity contribution in [3.63, 3.8) is 0 Å². The van der Waals surface area contributed by atoms with Crippen molar-refractivity contribution in [2.45, 2.75) is 31.1 Å². The van der Waals surface area contributed by atoms with Gasteiger partial charge in [0.05, 0.1) is 0 Å². The summed E-state index contributed by atoms with van der Waals surface area (Å²) in [5.41, 5.74) is 1.79. The third-order valence-electron chi connectivity index (χ3n) is 3.34. The lowest BCUT2D eigenvalue weighted by atomic mass is 9.62. The van der Waals surface area contributed by atoms with Gasteiger partial charge in [0.25, 0.3) is 0 Å². The minimum absolute atomic E-state index is 0.0374. The Bertz CT molecular complexity index is 379. The van der Waals surface area contributed by atoms with Crippen LogP contribution < -0.4 is 5.32 Å². The van der Waals surface area contributed by atoms with Crippen molar-refractivity contribution >= 4 is 0 Å². The molecule has 0 heterocycles. The number of alkyl halides is 2. The molecule has 0 atom stereocenters. The van der Waals surface area contributed by atoms with Crippen LogP contribution in [0.4, 0.5) is 8.78 Å². The zero-order valence-corrected chi connectivity index (χ0v) is 9.69. The molecular weight excluding hydrogens is 208 g/mol. The van der Waals surface area contributed by atoms with Crippen molar-refractivity contribution in [2.24, 2.45) is 0 Å². The molecule has 16 heavy (non-hydrogen) atoms. The average molecular weight is 225 g/mol. The summed E-state index contributed by atoms with van der Waals surface area (Å²) in [5, 5.41) is 3.03. The molecule has 1 aliphatic carbocycles. The predicted molar refractivity (Wildman–Crippen MR) is 61.0 cm³/mol. The van der Waals surface area contributed by atoms with Crippen LogP contribution in [0.1, 0.15) is 24.0 Å². The van der Waals surface area contributed by atoms with Gasteiger partial charge in [-0.1, -0.05) is 29.8 Å². The van der Waals surface area contributed by atoms with Gasteiger partial charge in [-0.25, -0.2) is 8.78 Å². The van der Waals surface area contributed by atoms with Crippen LogP contribution in [0.3, 0.4) is 0 Å². The van der Waals surface area contributed by atoms with Crippen molar-refractivity contribution < 1.29 is 8.78 Å². The number of likely N-dealkylation sites (N-methyl/N-ethyl adjacent to an activating group) is 1. The van der Waals surface area contributed by atoms with Crippen LogP contribution >= 0.6 is 0 Å². The molecule has 1 fully saturated rings. The fourth-order valence-corrected chi connectivity index (χ4v) is 2.68. The second-order valence-electron chi connectivity index (χ2n) is 4.89. The molecule has 1 nitrogen and oxygen atoms in total. The van der Waals surface area contributed by atoms with Crippen molar-refractivity contribution in [3.8, 4) is 0 Å². The Balaban J connectivity index is 2.28. The lowest BCUT2D eigenvalue weighted by Crippen LogP contribution is -2.54. The minimum Gasteiger partial charge on any atom is -0.319 e. The summed E-state index contributed by atoms with van der Waals surface area (Å²) >= 11 is 0. The Hall–Kier alpha value is -0.960. The van der Waals surface area contributed by atoms with E-state index in [2.05, 4.69) is 5.32 Å². The zero-order valence-electron chi connectivity index (χ0n) is 9.69. The third kappa shape index (κ3) is 1.96. The molecule has 1 aliphatic rings. The fraction of sp³-hybridized carbons (Fsp3) is 0.538. The Morgan fingerprint density at radius 1 is 1.31 bits per heavy atom. The van der Waals surface area contributed by atoms with Gasteiger partial charge in [-0.05, 0) is 19.5 Å². The Morgan fingerprint density at radius 3 is 2.50 bits per heavy atom. The fourth-order valence-electron chi connectivity index (χ4n) is 2.68. The normalized spacial score (nSPS) is 21.5.